The summed E-state index contributed by atoms with van der Waals surface area (Å²) < 4.78 is 11.1. The van der Waals surface area contributed by atoms with Gasteiger partial charge in [-0.25, -0.2) is 4.79 Å². The highest BCUT2D eigenvalue weighted by Gasteiger charge is 2.26. The third kappa shape index (κ3) is 5.08. The molecule has 6 nitrogen and oxygen atoms in total. The normalized spacial score (nSPS) is 10.9. The Morgan fingerprint density at radius 2 is 1.53 bits per heavy atom. The molecule has 0 bridgehead atoms. The lowest BCUT2D eigenvalue weighted by molar-refractivity contribution is 0.0961. The number of halogens is 2. The summed E-state index contributed by atoms with van der Waals surface area (Å²) in [6.45, 7) is 8.19. The fourth-order valence-corrected chi connectivity index (χ4v) is 4.20. The highest BCUT2D eigenvalue weighted by Crippen LogP contribution is 2.41. The maximum atomic E-state index is 12.9. The van der Waals surface area contributed by atoms with Crippen LogP contribution in [-0.2, 0) is 0 Å². The number of para-hydroxylation sites is 1. The van der Waals surface area contributed by atoms with Crippen molar-refractivity contribution in [3.05, 3.63) is 50.5 Å². The number of rotatable bonds is 6. The van der Waals surface area contributed by atoms with Crippen LogP contribution in [0.2, 0.25) is 5.02 Å². The lowest BCUT2D eigenvalue weighted by Gasteiger charge is -2.20. The Hall–Kier alpha value is -2.25. The number of nitrogens with one attached hydrogen (secondary N) is 2. The van der Waals surface area contributed by atoms with Crippen molar-refractivity contribution < 1.29 is 19.1 Å². The molecule has 2 N–H and O–H groups in total. The maximum Gasteiger partial charge on any atom is 0.326 e. The van der Waals surface area contributed by atoms with Gasteiger partial charge in [-0.1, -0.05) is 57.5 Å². The van der Waals surface area contributed by atoms with Gasteiger partial charge in [-0.05, 0) is 45.0 Å². The predicted octanol–water partition coefficient (Wildman–Crippen LogP) is 6.33. The number of amides is 3. The zero-order valence-electron chi connectivity index (χ0n) is 17.9. The first kappa shape index (κ1) is 24.0. The van der Waals surface area contributed by atoms with Crippen molar-refractivity contribution in [3.63, 3.8) is 0 Å². The molecule has 0 saturated heterocycles. The molecule has 0 atom stereocenters. The van der Waals surface area contributed by atoms with Crippen LogP contribution in [0.4, 0.5) is 10.5 Å². The molecule has 0 spiro atoms. The number of carbonyl (C=O) groups excluding carboxylic acids is 2. The number of hydrogen-bond acceptors (Lipinski definition) is 4. The summed E-state index contributed by atoms with van der Waals surface area (Å²) in [7, 11) is 2.80. The maximum absolute atomic E-state index is 12.9. The molecule has 0 aliphatic heterocycles. The van der Waals surface area contributed by atoms with Gasteiger partial charge < -0.3 is 14.8 Å². The van der Waals surface area contributed by atoms with Crippen molar-refractivity contribution in [3.8, 4) is 11.5 Å². The zero-order valence-corrected chi connectivity index (χ0v) is 20.2. The summed E-state index contributed by atoms with van der Waals surface area (Å²) in [5, 5.41) is 5.41. The summed E-state index contributed by atoms with van der Waals surface area (Å²) in [4.78, 5) is 25.7. The van der Waals surface area contributed by atoms with Crippen molar-refractivity contribution in [1.29, 1.82) is 0 Å². The Bertz CT molecular complexity index is 906. The van der Waals surface area contributed by atoms with E-state index in [1.807, 2.05) is 45.9 Å². The van der Waals surface area contributed by atoms with Gasteiger partial charge in [0.15, 0.2) is 5.75 Å². The molecule has 0 aliphatic rings. The van der Waals surface area contributed by atoms with E-state index in [2.05, 4.69) is 26.6 Å². The third-order valence-electron chi connectivity index (χ3n) is 4.62. The van der Waals surface area contributed by atoms with Crippen LogP contribution in [0.25, 0.3) is 0 Å². The molecule has 0 aromatic heterocycles. The van der Waals surface area contributed by atoms with Crippen LogP contribution in [0.3, 0.4) is 0 Å². The summed E-state index contributed by atoms with van der Waals surface area (Å²) in [5.74, 6) is 0.0227. The van der Waals surface area contributed by atoms with Crippen molar-refractivity contribution in [2.75, 3.05) is 19.5 Å². The quantitative estimate of drug-likeness (QED) is 0.489. The Kier molecular flexibility index (Phi) is 8.15. The van der Waals surface area contributed by atoms with Gasteiger partial charge in [0.1, 0.15) is 11.3 Å². The Labute approximate surface area is 190 Å². The first-order chi connectivity index (χ1) is 14.1. The SMILES string of the molecule is COc1c(Cl)cc(Br)c(OC)c1C(=O)NC(=O)Nc1c(C(C)C)cccc1C(C)C. The van der Waals surface area contributed by atoms with E-state index in [1.54, 1.807) is 6.07 Å². The number of anilines is 1. The van der Waals surface area contributed by atoms with Crippen molar-refractivity contribution in [2.24, 2.45) is 0 Å². The molecule has 2 rings (SSSR count). The lowest BCUT2D eigenvalue weighted by atomic mass is 9.93. The molecule has 0 heterocycles. The van der Waals surface area contributed by atoms with E-state index in [-0.39, 0.29) is 33.9 Å². The summed E-state index contributed by atoms with van der Waals surface area (Å²) in [6.07, 6.45) is 0. The minimum atomic E-state index is -0.697. The number of hydrogen-bond donors (Lipinski definition) is 2. The monoisotopic (exact) mass is 496 g/mol. The van der Waals surface area contributed by atoms with Gasteiger partial charge in [-0.15, -0.1) is 0 Å². The summed E-state index contributed by atoms with van der Waals surface area (Å²) >= 11 is 9.51. The highest BCUT2D eigenvalue weighted by molar-refractivity contribution is 9.10. The largest absolute Gasteiger partial charge is 0.495 e. The Morgan fingerprint density at radius 3 is 2.00 bits per heavy atom. The number of imide groups is 1. The van der Waals surface area contributed by atoms with E-state index >= 15 is 0 Å². The fraction of sp³-hybridized carbons (Fsp3) is 0.364. The number of urea groups is 1. The lowest BCUT2D eigenvalue weighted by Crippen LogP contribution is -2.35. The summed E-state index contributed by atoms with van der Waals surface area (Å²) in [5.41, 5.74) is 2.71. The molecular weight excluding hydrogens is 472 g/mol. The van der Waals surface area contributed by atoms with Gasteiger partial charge >= 0.3 is 6.03 Å². The summed E-state index contributed by atoms with van der Waals surface area (Å²) in [6, 6.07) is 6.81. The van der Waals surface area contributed by atoms with Crippen LogP contribution in [0.15, 0.2) is 28.7 Å². The molecular formula is C22H26BrClN2O4. The first-order valence-corrected chi connectivity index (χ1v) is 10.6. The zero-order chi connectivity index (χ0) is 22.6. The van der Waals surface area contributed by atoms with E-state index in [0.29, 0.717) is 10.2 Å². The van der Waals surface area contributed by atoms with Gasteiger partial charge in [-0.3, -0.25) is 10.1 Å². The van der Waals surface area contributed by atoms with E-state index in [9.17, 15) is 9.59 Å². The van der Waals surface area contributed by atoms with Crippen LogP contribution in [0, 0.1) is 0 Å². The number of methoxy groups -OCH3 is 2. The average Bonchev–Trinajstić information content (AvgIpc) is 2.66. The molecule has 0 radical (unpaired) electrons. The number of carbonyl (C=O) groups is 2. The second-order valence-corrected chi connectivity index (χ2v) is 8.57. The minimum Gasteiger partial charge on any atom is -0.495 e. The van der Waals surface area contributed by atoms with Crippen molar-refractivity contribution in [2.45, 2.75) is 39.5 Å². The molecule has 30 heavy (non-hydrogen) atoms. The molecule has 8 heteroatoms. The van der Waals surface area contributed by atoms with Crippen LogP contribution in [0.1, 0.15) is 61.0 Å². The van der Waals surface area contributed by atoms with E-state index in [4.69, 9.17) is 21.1 Å². The fourth-order valence-electron chi connectivity index (χ4n) is 3.20. The highest BCUT2D eigenvalue weighted by atomic mass is 79.9. The second kappa shape index (κ2) is 10.2. The van der Waals surface area contributed by atoms with Crippen molar-refractivity contribution in [1.82, 2.24) is 5.32 Å². The molecule has 0 fully saturated rings. The standard InChI is InChI=1S/C22H26BrClN2O4/c1-11(2)13-8-7-9-14(12(3)4)18(13)25-22(28)26-21(27)17-19(29-5)15(23)10-16(24)20(17)30-6/h7-12H,1-6H3,(H2,25,26,27,28). The van der Waals surface area contributed by atoms with Gasteiger partial charge in [-0.2, -0.15) is 0 Å². The van der Waals surface area contributed by atoms with E-state index in [0.717, 1.165) is 11.1 Å². The molecule has 0 saturated carbocycles. The number of benzene rings is 2. The second-order valence-electron chi connectivity index (χ2n) is 7.31. The smallest absolute Gasteiger partial charge is 0.326 e. The first-order valence-electron chi connectivity index (χ1n) is 9.47. The molecule has 0 aliphatic carbocycles. The molecule has 0 unspecified atom stereocenters. The van der Waals surface area contributed by atoms with Crippen LogP contribution < -0.4 is 20.1 Å². The predicted molar refractivity (Wildman–Crippen MR) is 123 cm³/mol. The minimum absolute atomic E-state index is 0.0238. The molecule has 2 aromatic rings. The molecule has 2 aromatic carbocycles. The number of ether oxygens (including phenoxy) is 2. The van der Waals surface area contributed by atoms with Gasteiger partial charge in [0.2, 0.25) is 0 Å². The Morgan fingerprint density at radius 1 is 1.00 bits per heavy atom. The van der Waals surface area contributed by atoms with Crippen LogP contribution in [-0.4, -0.2) is 26.2 Å². The molecule has 3 amide bonds. The third-order valence-corrected chi connectivity index (χ3v) is 5.49. The topological polar surface area (TPSA) is 76.7 Å². The van der Waals surface area contributed by atoms with Gasteiger partial charge in [0.05, 0.1) is 23.7 Å². The average molecular weight is 498 g/mol. The van der Waals surface area contributed by atoms with Gasteiger partial charge in [0, 0.05) is 5.69 Å². The van der Waals surface area contributed by atoms with E-state index < -0.39 is 11.9 Å². The molecule has 162 valence electrons. The Balaban J connectivity index is 2.39. The van der Waals surface area contributed by atoms with Crippen LogP contribution >= 0.6 is 27.5 Å². The van der Waals surface area contributed by atoms with Crippen molar-refractivity contribution >= 4 is 45.2 Å². The van der Waals surface area contributed by atoms with E-state index in [1.165, 1.54) is 14.2 Å². The van der Waals surface area contributed by atoms with Gasteiger partial charge in [0.25, 0.3) is 5.91 Å². The van der Waals surface area contributed by atoms with Crippen LogP contribution in [0.5, 0.6) is 11.5 Å².